The predicted octanol–water partition coefficient (Wildman–Crippen LogP) is -2.48. The van der Waals surface area contributed by atoms with Crippen molar-refractivity contribution in [1.29, 1.82) is 0 Å². The van der Waals surface area contributed by atoms with E-state index in [4.69, 9.17) is 20.1 Å². The van der Waals surface area contributed by atoms with Crippen molar-refractivity contribution in [2.24, 2.45) is 0 Å². The Bertz CT molecular complexity index is 724. The zero-order chi connectivity index (χ0) is 19.9. The van der Waals surface area contributed by atoms with Crippen LogP contribution < -0.4 is 11.4 Å². The Kier molecular flexibility index (Phi) is 8.55. The van der Waals surface area contributed by atoms with Crippen molar-refractivity contribution in [3.63, 3.8) is 0 Å². The number of anilines is 1. The monoisotopic (exact) mass is 397 g/mol. The van der Waals surface area contributed by atoms with E-state index in [1.54, 1.807) is 6.92 Å². The summed E-state index contributed by atoms with van der Waals surface area (Å²) in [7, 11) is -4.19. The smallest absolute Gasteiger partial charge is 0.394 e. The van der Waals surface area contributed by atoms with E-state index in [0.717, 1.165) is 0 Å². The number of ether oxygens (including phenoxy) is 1. The zero-order valence-electron chi connectivity index (χ0n) is 14.0. The van der Waals surface area contributed by atoms with E-state index in [9.17, 15) is 23.4 Å². The van der Waals surface area contributed by atoms with E-state index >= 15 is 0 Å². The van der Waals surface area contributed by atoms with Gasteiger partial charge >= 0.3 is 16.1 Å². The van der Waals surface area contributed by atoms with Crippen LogP contribution in [0.1, 0.15) is 13.3 Å². The number of nitrogen functional groups attached to an aromatic ring is 1. The fourth-order valence-electron chi connectivity index (χ4n) is 2.09. The molecule has 1 aromatic heterocycles. The lowest BCUT2D eigenvalue weighted by Gasteiger charge is -2.15. The number of aliphatic hydroxyl groups is 3. The van der Waals surface area contributed by atoms with E-state index in [-0.39, 0.29) is 19.0 Å². The molecule has 1 fully saturated rings. The Balaban J connectivity index is 0.000000359. The summed E-state index contributed by atoms with van der Waals surface area (Å²) >= 11 is 0. The van der Waals surface area contributed by atoms with Crippen molar-refractivity contribution >= 4 is 16.2 Å². The maximum absolute atomic E-state index is 11.5. The van der Waals surface area contributed by atoms with Crippen LogP contribution in [0.3, 0.4) is 0 Å². The molecule has 0 spiro atoms. The van der Waals surface area contributed by atoms with Crippen LogP contribution in [-0.2, 0) is 25.9 Å². The lowest BCUT2D eigenvalue weighted by molar-refractivity contribution is -0.0269. The molecular weight excluding hydrogens is 374 g/mol. The standard InChI is InChI=1S/C10H15N3O5.C3H8O4S/c11-7-1-2-13(10(17)12-7)3-5-8(15)9(16)6(4-14)18-5;1-2-3-7-8(4,5)6/h1-2,5-6,8-9,14-16H,3-4H2,(H2,11,12,17);2-3H2,1H3,(H,4,5,6)/t5-,6+,8-,9+;/m0./s1. The van der Waals surface area contributed by atoms with Crippen LogP contribution in [-0.4, -0.2) is 75.5 Å². The Hall–Kier alpha value is -1.61. The second-order valence-electron chi connectivity index (χ2n) is 5.41. The fraction of sp³-hybridized carbons (Fsp3) is 0.692. The highest BCUT2D eigenvalue weighted by Gasteiger charge is 2.42. The van der Waals surface area contributed by atoms with Gasteiger partial charge in [0, 0.05) is 6.20 Å². The minimum Gasteiger partial charge on any atom is -0.394 e. The van der Waals surface area contributed by atoms with E-state index in [2.05, 4.69) is 9.17 Å². The van der Waals surface area contributed by atoms with Crippen LogP contribution in [0, 0.1) is 0 Å². The van der Waals surface area contributed by atoms with E-state index in [0.29, 0.717) is 6.42 Å². The number of hydrogen-bond acceptors (Lipinski definition) is 10. The van der Waals surface area contributed by atoms with Gasteiger partial charge in [-0.2, -0.15) is 13.4 Å². The van der Waals surface area contributed by atoms with Crippen molar-refractivity contribution < 1.29 is 37.2 Å². The number of hydrogen-bond donors (Lipinski definition) is 5. The molecule has 0 aliphatic carbocycles. The Morgan fingerprint density at radius 2 is 1.96 bits per heavy atom. The summed E-state index contributed by atoms with van der Waals surface area (Å²) in [5.74, 6) is 0.109. The first-order chi connectivity index (χ1) is 12.1. The predicted molar refractivity (Wildman–Crippen MR) is 88.5 cm³/mol. The first-order valence-corrected chi connectivity index (χ1v) is 9.02. The Morgan fingerprint density at radius 3 is 2.38 bits per heavy atom. The molecule has 150 valence electrons. The molecule has 0 aromatic carbocycles. The van der Waals surface area contributed by atoms with Gasteiger partial charge in [-0.3, -0.25) is 9.12 Å². The molecule has 2 rings (SSSR count). The molecule has 2 heterocycles. The summed E-state index contributed by atoms with van der Waals surface area (Å²) in [6.07, 6.45) is -1.95. The van der Waals surface area contributed by atoms with E-state index in [1.807, 2.05) is 0 Å². The molecular formula is C13H23N3O9S. The summed E-state index contributed by atoms with van der Waals surface area (Å²) in [6, 6.07) is 1.45. The van der Waals surface area contributed by atoms with Crippen LogP contribution in [0.5, 0.6) is 0 Å². The topological polar surface area (TPSA) is 194 Å². The largest absolute Gasteiger partial charge is 0.397 e. The first-order valence-electron chi connectivity index (χ1n) is 7.66. The van der Waals surface area contributed by atoms with Crippen LogP contribution in [0.2, 0.25) is 0 Å². The van der Waals surface area contributed by atoms with Crippen LogP contribution in [0.4, 0.5) is 5.82 Å². The van der Waals surface area contributed by atoms with Gasteiger partial charge in [-0.05, 0) is 12.5 Å². The maximum atomic E-state index is 11.5. The lowest BCUT2D eigenvalue weighted by Crippen LogP contribution is -2.37. The first kappa shape index (κ1) is 22.4. The average molecular weight is 397 g/mol. The fourth-order valence-corrected chi connectivity index (χ4v) is 2.47. The minimum absolute atomic E-state index is 0.0286. The number of aromatic nitrogens is 2. The summed E-state index contributed by atoms with van der Waals surface area (Å²) in [5.41, 5.74) is 4.79. The second kappa shape index (κ2) is 9.91. The molecule has 0 bridgehead atoms. The molecule has 6 N–H and O–H groups in total. The normalized spacial score (nSPS) is 25.6. The molecule has 1 aliphatic heterocycles. The number of nitrogens with two attached hydrogens (primary N) is 1. The summed E-state index contributed by atoms with van der Waals surface area (Å²) < 4.78 is 37.7. The molecule has 12 nitrogen and oxygen atoms in total. The molecule has 1 saturated heterocycles. The van der Waals surface area contributed by atoms with Gasteiger partial charge in [0.25, 0.3) is 0 Å². The highest BCUT2D eigenvalue weighted by molar-refractivity contribution is 7.80. The molecule has 13 heteroatoms. The second-order valence-corrected chi connectivity index (χ2v) is 6.50. The van der Waals surface area contributed by atoms with Crippen molar-refractivity contribution in [1.82, 2.24) is 9.55 Å². The molecule has 0 saturated carbocycles. The quantitative estimate of drug-likeness (QED) is 0.319. The molecule has 1 aromatic rings. The van der Waals surface area contributed by atoms with Crippen LogP contribution >= 0.6 is 0 Å². The maximum Gasteiger partial charge on any atom is 0.397 e. The molecule has 0 amide bonds. The van der Waals surface area contributed by atoms with Crippen LogP contribution in [0.25, 0.3) is 0 Å². The van der Waals surface area contributed by atoms with Gasteiger partial charge in [0.1, 0.15) is 30.2 Å². The molecule has 0 unspecified atom stereocenters. The minimum atomic E-state index is -4.19. The number of rotatable bonds is 6. The van der Waals surface area contributed by atoms with Gasteiger partial charge in [0.15, 0.2) is 0 Å². The Labute approximate surface area is 149 Å². The summed E-state index contributed by atoms with van der Waals surface area (Å²) in [4.78, 5) is 15.0. The van der Waals surface area contributed by atoms with Crippen molar-refractivity contribution in [2.75, 3.05) is 18.9 Å². The SMILES string of the molecule is CCCOS(=O)(=O)O.Nc1ccn(C[C@@H]2O[C@H](CO)[C@@H](O)[C@H]2O)c(=O)n1. The van der Waals surface area contributed by atoms with Gasteiger partial charge in [-0.25, -0.2) is 8.98 Å². The number of nitrogens with zero attached hydrogens (tertiary/aromatic N) is 2. The Morgan fingerprint density at radius 1 is 1.35 bits per heavy atom. The number of aliphatic hydroxyl groups excluding tert-OH is 3. The average Bonchev–Trinajstić information content (AvgIpc) is 2.83. The summed E-state index contributed by atoms with van der Waals surface area (Å²) in [6.45, 7) is 1.41. The van der Waals surface area contributed by atoms with Gasteiger partial charge in [-0.1, -0.05) is 6.92 Å². The van der Waals surface area contributed by atoms with Gasteiger partial charge in [0.2, 0.25) is 0 Å². The molecule has 26 heavy (non-hydrogen) atoms. The third kappa shape index (κ3) is 6.95. The molecule has 4 atom stereocenters. The zero-order valence-corrected chi connectivity index (χ0v) is 14.8. The van der Waals surface area contributed by atoms with E-state index < -0.39 is 47.1 Å². The summed E-state index contributed by atoms with van der Waals surface area (Å²) in [5, 5.41) is 28.2. The highest BCUT2D eigenvalue weighted by Crippen LogP contribution is 2.21. The molecule has 0 radical (unpaired) electrons. The molecule has 1 aliphatic rings. The van der Waals surface area contributed by atoms with Gasteiger partial charge < -0.3 is 25.8 Å². The van der Waals surface area contributed by atoms with Crippen LogP contribution in [0.15, 0.2) is 17.1 Å². The van der Waals surface area contributed by atoms with Crippen molar-refractivity contribution in [3.05, 3.63) is 22.7 Å². The lowest BCUT2D eigenvalue weighted by atomic mass is 10.1. The third-order valence-corrected chi connectivity index (χ3v) is 3.81. The van der Waals surface area contributed by atoms with Crippen molar-refractivity contribution in [3.8, 4) is 0 Å². The van der Waals surface area contributed by atoms with Gasteiger partial charge in [-0.15, -0.1) is 0 Å². The van der Waals surface area contributed by atoms with Crippen molar-refractivity contribution in [2.45, 2.75) is 44.3 Å². The highest BCUT2D eigenvalue weighted by atomic mass is 32.3. The van der Waals surface area contributed by atoms with Gasteiger partial charge in [0.05, 0.1) is 19.8 Å². The third-order valence-electron chi connectivity index (χ3n) is 3.35. The van der Waals surface area contributed by atoms with E-state index in [1.165, 1.54) is 16.8 Å².